The maximum atomic E-state index is 12.6. The zero-order valence-corrected chi connectivity index (χ0v) is 16.2. The van der Waals surface area contributed by atoms with Gasteiger partial charge < -0.3 is 15.0 Å². The molecule has 142 valence electrons. The van der Waals surface area contributed by atoms with E-state index in [1.807, 2.05) is 35.2 Å². The number of nitrogens with zero attached hydrogens (tertiary/aromatic N) is 2. The highest BCUT2D eigenvalue weighted by molar-refractivity contribution is 5.85. The van der Waals surface area contributed by atoms with Crippen LogP contribution in [-0.2, 0) is 11.2 Å². The number of carbonyl (C=O) groups is 1. The smallest absolute Gasteiger partial charge is 0.223 e. The molecule has 2 aromatic rings. The number of hydrogen-bond acceptors (Lipinski definition) is 4. The van der Waals surface area contributed by atoms with Gasteiger partial charge in [-0.1, -0.05) is 30.3 Å². The number of ether oxygens (including phenoxy) is 1. The highest BCUT2D eigenvalue weighted by Crippen LogP contribution is 2.12. The molecule has 1 unspecified atom stereocenters. The van der Waals surface area contributed by atoms with Crippen LogP contribution in [0.4, 0.5) is 0 Å². The Morgan fingerprint density at radius 2 is 2.00 bits per heavy atom. The Morgan fingerprint density at radius 3 is 2.73 bits per heavy atom. The van der Waals surface area contributed by atoms with E-state index in [0.29, 0.717) is 13.0 Å². The number of carbonyl (C=O) groups excluding carboxylic acids is 1. The minimum absolute atomic E-state index is 0. The quantitative estimate of drug-likeness (QED) is 0.813. The van der Waals surface area contributed by atoms with Crippen molar-refractivity contribution >= 4 is 30.7 Å². The van der Waals surface area contributed by atoms with Gasteiger partial charge in [-0.3, -0.25) is 9.78 Å². The Labute approximate surface area is 167 Å². The monoisotopic (exact) mass is 397 g/mol. The van der Waals surface area contributed by atoms with Crippen molar-refractivity contribution < 1.29 is 9.53 Å². The molecule has 7 heteroatoms. The fraction of sp³-hybridized carbons (Fsp3) is 0.368. The Kier molecular flexibility index (Phi) is 10.0. The lowest BCUT2D eigenvalue weighted by molar-refractivity contribution is -0.135. The summed E-state index contributed by atoms with van der Waals surface area (Å²) in [4.78, 5) is 18.6. The van der Waals surface area contributed by atoms with Crippen molar-refractivity contribution in [2.45, 2.75) is 18.9 Å². The van der Waals surface area contributed by atoms with Crippen LogP contribution < -0.4 is 10.1 Å². The number of pyridine rings is 1. The van der Waals surface area contributed by atoms with Gasteiger partial charge in [-0.25, -0.2) is 0 Å². The van der Waals surface area contributed by atoms with E-state index in [0.717, 1.165) is 31.8 Å². The molecule has 1 aliphatic heterocycles. The lowest BCUT2D eigenvalue weighted by atomic mass is 10.1. The van der Waals surface area contributed by atoms with Gasteiger partial charge in [0.15, 0.2) is 0 Å². The molecule has 0 radical (unpaired) electrons. The zero-order chi connectivity index (χ0) is 16.6. The summed E-state index contributed by atoms with van der Waals surface area (Å²) >= 11 is 0. The van der Waals surface area contributed by atoms with Gasteiger partial charge >= 0.3 is 0 Å². The summed E-state index contributed by atoms with van der Waals surface area (Å²) < 4.78 is 5.79. The summed E-state index contributed by atoms with van der Waals surface area (Å²) in [5.41, 5.74) is 1.20. The summed E-state index contributed by atoms with van der Waals surface area (Å²) in [5, 5.41) is 3.34. The van der Waals surface area contributed by atoms with Crippen LogP contribution in [-0.4, -0.2) is 48.1 Å². The highest BCUT2D eigenvalue weighted by Gasteiger charge is 2.26. The summed E-state index contributed by atoms with van der Waals surface area (Å²) in [5.74, 6) is 0.930. The Bertz CT molecular complexity index is 644. The predicted molar refractivity (Wildman–Crippen MR) is 107 cm³/mol. The van der Waals surface area contributed by atoms with Crippen LogP contribution >= 0.6 is 24.8 Å². The molecule has 0 spiro atoms. The Hall–Kier alpha value is -1.82. The summed E-state index contributed by atoms with van der Waals surface area (Å²) in [6, 6.07) is 13.9. The van der Waals surface area contributed by atoms with Crippen LogP contribution in [0, 0.1) is 0 Å². The van der Waals surface area contributed by atoms with Crippen molar-refractivity contribution in [3.8, 4) is 5.75 Å². The second kappa shape index (κ2) is 11.7. The van der Waals surface area contributed by atoms with Crippen LogP contribution in [0.2, 0.25) is 0 Å². The number of rotatable bonds is 6. The number of amides is 1. The standard InChI is InChI=1S/C19H23N3O2.2ClH/c23-19(9-8-16-5-2-1-3-6-16)22-12-11-21-13-17(22)15-24-18-7-4-10-20-14-18;;/h1-7,10,14,17,21H,8-9,11-13,15H2;2*1H. The first-order valence-electron chi connectivity index (χ1n) is 8.40. The number of aromatic nitrogens is 1. The molecule has 1 atom stereocenters. The summed E-state index contributed by atoms with van der Waals surface area (Å²) in [7, 11) is 0. The van der Waals surface area contributed by atoms with E-state index in [2.05, 4.69) is 22.4 Å². The van der Waals surface area contributed by atoms with Gasteiger partial charge in [0.05, 0.1) is 12.2 Å². The fourth-order valence-electron chi connectivity index (χ4n) is 2.90. The van der Waals surface area contributed by atoms with Crippen molar-refractivity contribution in [2.24, 2.45) is 0 Å². The maximum Gasteiger partial charge on any atom is 0.223 e. The molecule has 1 amide bonds. The largest absolute Gasteiger partial charge is 0.490 e. The molecular formula is C19H25Cl2N3O2. The molecule has 0 bridgehead atoms. The molecular weight excluding hydrogens is 373 g/mol. The lowest BCUT2D eigenvalue weighted by Crippen LogP contribution is -2.55. The van der Waals surface area contributed by atoms with Crippen LogP contribution in [0.15, 0.2) is 54.9 Å². The summed E-state index contributed by atoms with van der Waals surface area (Å²) in [6.07, 6.45) is 4.72. The maximum absolute atomic E-state index is 12.6. The third-order valence-corrected chi connectivity index (χ3v) is 4.22. The summed E-state index contributed by atoms with van der Waals surface area (Å²) in [6.45, 7) is 2.81. The van der Waals surface area contributed by atoms with Gasteiger partial charge in [0.1, 0.15) is 12.4 Å². The van der Waals surface area contributed by atoms with Gasteiger partial charge in [0.2, 0.25) is 5.91 Å². The van der Waals surface area contributed by atoms with E-state index in [4.69, 9.17) is 4.74 Å². The van der Waals surface area contributed by atoms with E-state index in [-0.39, 0.29) is 36.8 Å². The minimum atomic E-state index is 0. The Balaban J connectivity index is 0.00000169. The van der Waals surface area contributed by atoms with Crippen LogP contribution in [0.3, 0.4) is 0 Å². The lowest BCUT2D eigenvalue weighted by Gasteiger charge is -2.36. The van der Waals surface area contributed by atoms with Gasteiger partial charge in [-0.2, -0.15) is 0 Å². The molecule has 5 nitrogen and oxygen atoms in total. The molecule has 1 aromatic heterocycles. The highest BCUT2D eigenvalue weighted by atomic mass is 35.5. The number of halogens is 2. The molecule has 1 fully saturated rings. The Morgan fingerprint density at radius 1 is 1.19 bits per heavy atom. The van der Waals surface area contributed by atoms with Gasteiger partial charge in [-0.05, 0) is 24.1 Å². The fourth-order valence-corrected chi connectivity index (χ4v) is 2.90. The molecule has 3 rings (SSSR count). The van der Waals surface area contributed by atoms with Crippen LogP contribution in [0.25, 0.3) is 0 Å². The van der Waals surface area contributed by atoms with Crippen molar-refractivity contribution in [2.75, 3.05) is 26.2 Å². The van der Waals surface area contributed by atoms with Crippen molar-refractivity contribution in [1.29, 1.82) is 0 Å². The first kappa shape index (κ1) is 22.2. The topological polar surface area (TPSA) is 54.5 Å². The van der Waals surface area contributed by atoms with E-state index in [1.165, 1.54) is 5.56 Å². The number of hydrogen-bond donors (Lipinski definition) is 1. The molecule has 1 N–H and O–H groups in total. The third-order valence-electron chi connectivity index (χ3n) is 4.22. The van der Waals surface area contributed by atoms with Gasteiger partial charge in [-0.15, -0.1) is 24.8 Å². The molecule has 1 saturated heterocycles. The predicted octanol–water partition coefficient (Wildman–Crippen LogP) is 2.74. The zero-order valence-electron chi connectivity index (χ0n) is 14.5. The average Bonchev–Trinajstić information content (AvgIpc) is 2.66. The number of aryl methyl sites for hydroxylation is 1. The van der Waals surface area contributed by atoms with Gasteiger partial charge in [0.25, 0.3) is 0 Å². The van der Waals surface area contributed by atoms with E-state index in [9.17, 15) is 4.79 Å². The van der Waals surface area contributed by atoms with Crippen molar-refractivity contribution in [3.05, 3.63) is 60.4 Å². The number of piperazine rings is 1. The minimum Gasteiger partial charge on any atom is -0.490 e. The first-order chi connectivity index (χ1) is 11.8. The normalized spacial score (nSPS) is 16.2. The van der Waals surface area contributed by atoms with Crippen LogP contribution in [0.1, 0.15) is 12.0 Å². The average molecular weight is 398 g/mol. The van der Waals surface area contributed by atoms with E-state index >= 15 is 0 Å². The van der Waals surface area contributed by atoms with Crippen molar-refractivity contribution in [3.63, 3.8) is 0 Å². The third kappa shape index (κ3) is 6.48. The first-order valence-corrected chi connectivity index (χ1v) is 8.40. The molecule has 0 aliphatic carbocycles. The molecule has 1 aromatic carbocycles. The second-order valence-electron chi connectivity index (χ2n) is 5.93. The molecule has 0 saturated carbocycles. The number of benzene rings is 1. The molecule has 1 aliphatic rings. The van der Waals surface area contributed by atoms with E-state index < -0.39 is 0 Å². The second-order valence-corrected chi connectivity index (χ2v) is 5.93. The number of nitrogens with one attached hydrogen (secondary N) is 1. The molecule has 2 heterocycles. The van der Waals surface area contributed by atoms with E-state index in [1.54, 1.807) is 12.4 Å². The van der Waals surface area contributed by atoms with Gasteiger partial charge in [0, 0.05) is 32.3 Å². The SMILES string of the molecule is Cl.Cl.O=C(CCc1ccccc1)N1CCNCC1COc1cccnc1. The van der Waals surface area contributed by atoms with Crippen LogP contribution in [0.5, 0.6) is 5.75 Å². The van der Waals surface area contributed by atoms with Crippen molar-refractivity contribution in [1.82, 2.24) is 15.2 Å². The molecule has 26 heavy (non-hydrogen) atoms.